The summed E-state index contributed by atoms with van der Waals surface area (Å²) in [6.45, 7) is 2.23. The van der Waals surface area contributed by atoms with E-state index in [1.54, 1.807) is 0 Å². The van der Waals surface area contributed by atoms with Crippen molar-refractivity contribution in [3.63, 3.8) is 0 Å². The molecule has 182 valence electrons. The predicted molar refractivity (Wildman–Crippen MR) is 126 cm³/mol. The number of likely N-dealkylation sites (N-methyl/N-ethyl adjacent to an activating group) is 1. The molecular weight excluding hydrogens is 469 g/mol. The lowest BCUT2D eigenvalue weighted by Gasteiger charge is -2.24. The number of ether oxygens (including phenoxy) is 1. The number of hydrogen-bond acceptors (Lipinski definition) is 8. The number of hydrogen-bond donors (Lipinski definition) is 2. The van der Waals surface area contributed by atoms with Crippen molar-refractivity contribution < 1.29 is 32.7 Å². The monoisotopic (exact) mass is 499 g/mol. The van der Waals surface area contributed by atoms with Crippen molar-refractivity contribution in [3.8, 4) is 0 Å². The second-order valence-electron chi connectivity index (χ2n) is 7.26. The molecule has 0 aromatic heterocycles. The summed E-state index contributed by atoms with van der Waals surface area (Å²) in [5, 5.41) is 5.28. The molecule has 0 aliphatic carbocycles. The lowest BCUT2D eigenvalue weighted by Crippen LogP contribution is -2.34. The molecule has 12 heteroatoms. The van der Waals surface area contributed by atoms with E-state index in [0.29, 0.717) is 24.2 Å². The van der Waals surface area contributed by atoms with Gasteiger partial charge in [0.25, 0.3) is 0 Å². The first-order chi connectivity index (χ1) is 15.9. The summed E-state index contributed by atoms with van der Waals surface area (Å²) in [6.07, 6.45) is 2.73. The Morgan fingerprint density at radius 1 is 1.30 bits per heavy atom. The summed E-state index contributed by atoms with van der Waals surface area (Å²) in [6, 6.07) is 9.39. The van der Waals surface area contributed by atoms with Crippen LogP contribution in [-0.4, -0.2) is 61.2 Å². The highest BCUT2D eigenvalue weighted by molar-refractivity contribution is 8.11. The van der Waals surface area contributed by atoms with Crippen LogP contribution >= 0.6 is 19.5 Å². The zero-order valence-electron chi connectivity index (χ0n) is 18.6. The van der Waals surface area contributed by atoms with Gasteiger partial charge in [0.1, 0.15) is 6.23 Å². The van der Waals surface area contributed by atoms with E-state index in [1.807, 2.05) is 37.3 Å². The van der Waals surface area contributed by atoms with E-state index in [0.717, 1.165) is 17.3 Å². The van der Waals surface area contributed by atoms with E-state index in [2.05, 4.69) is 10.4 Å². The van der Waals surface area contributed by atoms with Crippen molar-refractivity contribution in [1.29, 1.82) is 0 Å². The van der Waals surface area contributed by atoms with Crippen LogP contribution in [0.5, 0.6) is 0 Å². The van der Waals surface area contributed by atoms with Crippen LogP contribution in [0.15, 0.2) is 42.6 Å². The van der Waals surface area contributed by atoms with Crippen LogP contribution in [0.25, 0.3) is 0 Å². The highest BCUT2D eigenvalue weighted by Gasteiger charge is 2.37. The van der Waals surface area contributed by atoms with Crippen LogP contribution in [0.2, 0.25) is 0 Å². The van der Waals surface area contributed by atoms with Gasteiger partial charge in [-0.3, -0.25) is 28.3 Å². The van der Waals surface area contributed by atoms with Gasteiger partial charge < -0.3 is 10.1 Å². The van der Waals surface area contributed by atoms with E-state index in [9.17, 15) is 18.9 Å². The molecular formula is C21H30N3O7PS. The molecule has 1 aromatic rings. The maximum absolute atomic E-state index is 13.2. The maximum atomic E-state index is 13.2. The molecule has 0 saturated carbocycles. The molecule has 2 N–H and O–H groups in total. The van der Waals surface area contributed by atoms with Crippen molar-refractivity contribution in [2.45, 2.75) is 32.2 Å². The standard InChI is InChI=1S/C21H30N3O7PS/c1-17-12-19(31-21(17)24(15-25)9-8-20(27)22-2)14-30-32(28,29-10-11-33-16-26)23-13-18-6-4-3-5-7-18/h3-9,15-17,19,21H,10-14H2,1-2H3,(H,22,27)(H,23,28)/b9-8-. The summed E-state index contributed by atoms with van der Waals surface area (Å²) in [5.41, 5.74) is 1.60. The van der Waals surface area contributed by atoms with Crippen molar-refractivity contribution in [3.05, 3.63) is 48.2 Å². The average molecular weight is 500 g/mol. The third-order valence-corrected chi connectivity index (χ3v) is 6.89. The van der Waals surface area contributed by atoms with Crippen LogP contribution in [0, 0.1) is 5.92 Å². The van der Waals surface area contributed by atoms with Gasteiger partial charge in [-0.15, -0.1) is 0 Å². The Bertz CT molecular complexity index is 842. The van der Waals surface area contributed by atoms with Gasteiger partial charge in [-0.25, -0.2) is 9.65 Å². The lowest BCUT2D eigenvalue weighted by atomic mass is 10.1. The third-order valence-electron chi connectivity index (χ3n) is 4.79. The van der Waals surface area contributed by atoms with Crippen LogP contribution in [0.4, 0.5) is 0 Å². The van der Waals surface area contributed by atoms with E-state index in [4.69, 9.17) is 13.8 Å². The molecule has 33 heavy (non-hydrogen) atoms. The number of nitrogens with zero attached hydrogens (tertiary/aromatic N) is 1. The Morgan fingerprint density at radius 2 is 2.06 bits per heavy atom. The first-order valence-corrected chi connectivity index (χ1v) is 13.0. The molecule has 1 saturated heterocycles. The zero-order valence-corrected chi connectivity index (χ0v) is 20.3. The van der Waals surface area contributed by atoms with Gasteiger partial charge >= 0.3 is 7.75 Å². The molecule has 1 heterocycles. The topological polar surface area (TPSA) is 123 Å². The molecule has 4 atom stereocenters. The summed E-state index contributed by atoms with van der Waals surface area (Å²) in [4.78, 5) is 34.7. The van der Waals surface area contributed by atoms with Crippen molar-refractivity contribution in [2.75, 3.05) is 26.0 Å². The molecule has 1 fully saturated rings. The van der Waals surface area contributed by atoms with Gasteiger partial charge in [-0.1, -0.05) is 49.0 Å². The summed E-state index contributed by atoms with van der Waals surface area (Å²) in [7, 11) is -2.20. The fourth-order valence-corrected chi connectivity index (χ4v) is 4.88. The lowest BCUT2D eigenvalue weighted by molar-refractivity contribution is -0.129. The smallest absolute Gasteiger partial charge is 0.356 e. The zero-order chi connectivity index (χ0) is 24.1. The SMILES string of the molecule is CNC(=O)/C=C\N(C=O)C1OC(COP(=O)(NCc2ccccc2)OCCSC=O)CC1C. The summed E-state index contributed by atoms with van der Waals surface area (Å²) >= 11 is 1.01. The largest absolute Gasteiger partial charge is 0.405 e. The molecule has 2 rings (SSSR count). The molecule has 2 amide bonds. The summed E-state index contributed by atoms with van der Waals surface area (Å²) < 4.78 is 30.3. The molecule has 1 aliphatic rings. The van der Waals surface area contributed by atoms with Crippen LogP contribution in [-0.2, 0) is 39.3 Å². The molecule has 0 bridgehead atoms. The first kappa shape index (κ1) is 27.2. The number of carbonyl (C=O) groups excluding carboxylic acids is 3. The van der Waals surface area contributed by atoms with E-state index >= 15 is 0 Å². The minimum Gasteiger partial charge on any atom is -0.356 e. The number of nitrogens with one attached hydrogen (secondary N) is 2. The normalized spacial score (nSPS) is 22.1. The van der Waals surface area contributed by atoms with Crippen LogP contribution in [0.3, 0.4) is 0 Å². The van der Waals surface area contributed by atoms with E-state index in [1.165, 1.54) is 24.2 Å². The first-order valence-electron chi connectivity index (χ1n) is 10.4. The van der Waals surface area contributed by atoms with Crippen LogP contribution in [0.1, 0.15) is 18.9 Å². The second kappa shape index (κ2) is 14.3. The third kappa shape index (κ3) is 9.40. The number of benzene rings is 1. The quantitative estimate of drug-likeness (QED) is 0.162. The molecule has 10 nitrogen and oxygen atoms in total. The fourth-order valence-electron chi connectivity index (χ4n) is 3.15. The number of rotatable bonds is 15. The van der Waals surface area contributed by atoms with Crippen molar-refractivity contribution in [1.82, 2.24) is 15.3 Å². The van der Waals surface area contributed by atoms with Gasteiger partial charge in [0.15, 0.2) is 5.62 Å². The average Bonchev–Trinajstić information content (AvgIpc) is 3.20. The fraction of sp³-hybridized carbons (Fsp3) is 0.476. The minimum absolute atomic E-state index is 0.0212. The van der Waals surface area contributed by atoms with Gasteiger partial charge in [0.05, 0.1) is 19.3 Å². The second-order valence-corrected chi connectivity index (χ2v) is 10.0. The van der Waals surface area contributed by atoms with Gasteiger partial charge in [-0.2, -0.15) is 0 Å². The highest BCUT2D eigenvalue weighted by atomic mass is 32.2. The molecule has 0 radical (unpaired) electrons. The van der Waals surface area contributed by atoms with Gasteiger partial charge in [0, 0.05) is 37.5 Å². The van der Waals surface area contributed by atoms with E-state index < -0.39 is 20.1 Å². The maximum Gasteiger partial charge on any atom is 0.405 e. The molecule has 1 aliphatic heterocycles. The molecule has 0 spiro atoms. The number of thioether (sulfide) groups is 1. The van der Waals surface area contributed by atoms with E-state index in [-0.39, 0.29) is 31.6 Å². The Morgan fingerprint density at radius 3 is 2.73 bits per heavy atom. The Kier molecular flexibility index (Phi) is 11.8. The highest BCUT2D eigenvalue weighted by Crippen LogP contribution is 2.45. The Labute approximate surface area is 198 Å². The van der Waals surface area contributed by atoms with Crippen LogP contribution < -0.4 is 10.4 Å². The number of amides is 2. The van der Waals surface area contributed by atoms with Gasteiger partial charge in [-0.05, 0) is 12.0 Å². The molecule has 4 unspecified atom stereocenters. The minimum atomic E-state index is -3.69. The molecule has 1 aromatic carbocycles. The summed E-state index contributed by atoms with van der Waals surface area (Å²) in [5.74, 6) is -0.0445. The predicted octanol–water partition coefficient (Wildman–Crippen LogP) is 2.31. The number of carbonyl (C=O) groups is 3. The van der Waals surface area contributed by atoms with Crippen molar-refractivity contribution >= 4 is 37.4 Å². The van der Waals surface area contributed by atoms with Crippen molar-refractivity contribution in [2.24, 2.45) is 5.92 Å². The Balaban J connectivity index is 1.96. The Hall–Kier alpha value is -2.01. The van der Waals surface area contributed by atoms with Gasteiger partial charge in [0.2, 0.25) is 12.3 Å².